The lowest BCUT2D eigenvalue weighted by Gasteiger charge is -2.10. The van der Waals surface area contributed by atoms with Crippen molar-refractivity contribution in [3.05, 3.63) is 65.9 Å². The number of hydrogen-bond donors (Lipinski definition) is 1. The number of hydrogen-bond acceptors (Lipinski definition) is 3. The van der Waals surface area contributed by atoms with Gasteiger partial charge in [-0.2, -0.15) is 0 Å². The summed E-state index contributed by atoms with van der Waals surface area (Å²) in [7, 11) is 0. The van der Waals surface area contributed by atoms with Crippen LogP contribution in [-0.4, -0.2) is 16.7 Å². The third-order valence-corrected chi connectivity index (χ3v) is 4.31. The molecule has 0 saturated carbocycles. The maximum atomic E-state index is 9.77. The second kappa shape index (κ2) is 9.04. The fourth-order valence-corrected chi connectivity index (χ4v) is 2.85. The molecular weight excluding hydrogens is 322 g/mol. The van der Waals surface area contributed by atoms with Crippen molar-refractivity contribution in [2.75, 3.05) is 6.61 Å². The molecule has 1 heterocycles. The van der Waals surface area contributed by atoms with Crippen molar-refractivity contribution in [3.63, 3.8) is 0 Å². The predicted octanol–water partition coefficient (Wildman–Crippen LogP) is 6.07. The molecule has 3 rings (SSSR count). The Morgan fingerprint density at radius 1 is 0.962 bits per heavy atom. The topological polar surface area (TPSA) is 42.4 Å². The Morgan fingerprint density at radius 3 is 2.73 bits per heavy atom. The molecule has 1 aromatic heterocycles. The summed E-state index contributed by atoms with van der Waals surface area (Å²) in [6.45, 7) is 2.86. The van der Waals surface area contributed by atoms with Crippen molar-refractivity contribution in [1.82, 2.24) is 4.98 Å². The van der Waals surface area contributed by atoms with Crippen LogP contribution in [0, 0.1) is 0 Å². The van der Waals surface area contributed by atoms with Crippen molar-refractivity contribution in [3.8, 4) is 11.5 Å². The summed E-state index contributed by atoms with van der Waals surface area (Å²) in [5.74, 6) is 0.924. The molecule has 3 nitrogen and oxygen atoms in total. The quantitative estimate of drug-likeness (QED) is 0.503. The van der Waals surface area contributed by atoms with E-state index in [2.05, 4.69) is 24.0 Å². The fraction of sp³-hybridized carbons (Fsp3) is 0.261. The molecule has 0 aliphatic rings. The van der Waals surface area contributed by atoms with E-state index in [1.807, 2.05) is 42.5 Å². The van der Waals surface area contributed by atoms with Crippen LogP contribution in [0.5, 0.6) is 11.5 Å². The van der Waals surface area contributed by atoms with Crippen LogP contribution in [-0.2, 0) is 0 Å². The molecule has 3 aromatic rings. The molecule has 0 fully saturated rings. The highest BCUT2D eigenvalue weighted by atomic mass is 16.5. The first-order valence-corrected chi connectivity index (χ1v) is 9.26. The Morgan fingerprint density at radius 2 is 1.85 bits per heavy atom. The van der Waals surface area contributed by atoms with Gasteiger partial charge in [-0.05, 0) is 42.8 Å². The van der Waals surface area contributed by atoms with E-state index in [-0.39, 0.29) is 5.75 Å². The molecule has 0 spiro atoms. The van der Waals surface area contributed by atoms with Crippen LogP contribution in [0.3, 0.4) is 0 Å². The molecule has 3 heteroatoms. The minimum absolute atomic E-state index is 0.217. The van der Waals surface area contributed by atoms with E-state index in [0.717, 1.165) is 28.6 Å². The standard InChI is InChI=1S/C23H25NO2/c1-2-3-4-7-16-26-23-17-21(25)15-12-19(23)11-14-20-13-10-18-8-5-6-9-22(18)24-20/h5-6,8-15,17,25H,2-4,7,16H2,1H3. The monoisotopic (exact) mass is 347 g/mol. The smallest absolute Gasteiger partial charge is 0.130 e. The van der Waals surface area contributed by atoms with Gasteiger partial charge in [-0.25, -0.2) is 4.98 Å². The molecule has 0 atom stereocenters. The minimum atomic E-state index is 0.217. The maximum absolute atomic E-state index is 9.77. The van der Waals surface area contributed by atoms with E-state index in [1.54, 1.807) is 12.1 Å². The van der Waals surface area contributed by atoms with E-state index in [1.165, 1.54) is 19.3 Å². The maximum Gasteiger partial charge on any atom is 0.130 e. The van der Waals surface area contributed by atoms with Crippen molar-refractivity contribution in [1.29, 1.82) is 0 Å². The average molecular weight is 347 g/mol. The van der Waals surface area contributed by atoms with Gasteiger partial charge >= 0.3 is 0 Å². The lowest BCUT2D eigenvalue weighted by molar-refractivity contribution is 0.303. The third-order valence-electron chi connectivity index (χ3n) is 4.31. The van der Waals surface area contributed by atoms with Crippen LogP contribution in [0.4, 0.5) is 0 Å². The van der Waals surface area contributed by atoms with Crippen LogP contribution >= 0.6 is 0 Å². The molecular formula is C23H25NO2. The number of phenolic OH excluding ortho intramolecular Hbond substituents is 1. The van der Waals surface area contributed by atoms with Gasteiger partial charge < -0.3 is 9.84 Å². The zero-order valence-corrected chi connectivity index (χ0v) is 15.2. The van der Waals surface area contributed by atoms with Crippen molar-refractivity contribution >= 4 is 23.1 Å². The number of nitrogens with zero attached hydrogens (tertiary/aromatic N) is 1. The van der Waals surface area contributed by atoms with Gasteiger partial charge in [0.05, 0.1) is 17.8 Å². The Labute approximate surface area is 155 Å². The first-order chi connectivity index (χ1) is 12.8. The predicted molar refractivity (Wildman–Crippen MR) is 108 cm³/mol. The van der Waals surface area contributed by atoms with Gasteiger partial charge in [0, 0.05) is 17.0 Å². The molecule has 0 amide bonds. The molecule has 1 N–H and O–H groups in total. The van der Waals surface area contributed by atoms with E-state index < -0.39 is 0 Å². The third kappa shape index (κ3) is 4.85. The molecule has 0 bridgehead atoms. The molecule has 26 heavy (non-hydrogen) atoms. The van der Waals surface area contributed by atoms with Gasteiger partial charge in [0.2, 0.25) is 0 Å². The largest absolute Gasteiger partial charge is 0.508 e. The van der Waals surface area contributed by atoms with Gasteiger partial charge in [-0.15, -0.1) is 0 Å². The average Bonchev–Trinajstić information content (AvgIpc) is 2.67. The van der Waals surface area contributed by atoms with Gasteiger partial charge in [0.1, 0.15) is 11.5 Å². The number of unbranched alkanes of at least 4 members (excludes halogenated alkanes) is 3. The van der Waals surface area contributed by atoms with Gasteiger partial charge in [0.25, 0.3) is 0 Å². The van der Waals surface area contributed by atoms with Crippen molar-refractivity contribution in [2.24, 2.45) is 0 Å². The van der Waals surface area contributed by atoms with Crippen LogP contribution in [0.15, 0.2) is 54.6 Å². The van der Waals surface area contributed by atoms with Gasteiger partial charge in [0.15, 0.2) is 0 Å². The SMILES string of the molecule is CCCCCCOc1cc(O)ccc1C=Cc1ccc2ccccc2n1. The molecule has 0 aliphatic heterocycles. The number of benzene rings is 2. The summed E-state index contributed by atoms with van der Waals surface area (Å²) in [4.78, 5) is 4.66. The highest BCUT2D eigenvalue weighted by Gasteiger charge is 2.03. The number of pyridine rings is 1. The van der Waals surface area contributed by atoms with E-state index in [0.29, 0.717) is 12.4 Å². The number of aromatic hydroxyl groups is 1. The Balaban J connectivity index is 1.73. The molecule has 0 radical (unpaired) electrons. The van der Waals surface area contributed by atoms with Crippen LogP contribution in [0.2, 0.25) is 0 Å². The molecule has 0 aliphatic carbocycles. The second-order valence-corrected chi connectivity index (χ2v) is 6.39. The summed E-state index contributed by atoms with van der Waals surface area (Å²) in [6, 6.07) is 17.4. The zero-order valence-electron chi connectivity index (χ0n) is 15.2. The Bertz CT molecular complexity index is 886. The number of rotatable bonds is 8. The zero-order chi connectivity index (χ0) is 18.2. The lowest BCUT2D eigenvalue weighted by atomic mass is 10.1. The van der Waals surface area contributed by atoms with Gasteiger partial charge in [-0.1, -0.05) is 50.5 Å². The second-order valence-electron chi connectivity index (χ2n) is 6.39. The number of para-hydroxylation sites is 1. The van der Waals surface area contributed by atoms with Crippen molar-refractivity contribution < 1.29 is 9.84 Å². The lowest BCUT2D eigenvalue weighted by Crippen LogP contribution is -1.98. The molecule has 2 aromatic carbocycles. The summed E-state index contributed by atoms with van der Waals surface area (Å²) < 4.78 is 5.89. The van der Waals surface area contributed by atoms with E-state index in [9.17, 15) is 5.11 Å². The highest BCUT2D eigenvalue weighted by Crippen LogP contribution is 2.26. The Kier molecular flexibility index (Phi) is 6.26. The van der Waals surface area contributed by atoms with E-state index in [4.69, 9.17) is 4.74 Å². The normalized spacial score (nSPS) is 11.3. The van der Waals surface area contributed by atoms with Crippen LogP contribution < -0.4 is 4.74 Å². The summed E-state index contributed by atoms with van der Waals surface area (Å²) in [5, 5.41) is 10.9. The van der Waals surface area contributed by atoms with Crippen molar-refractivity contribution in [2.45, 2.75) is 32.6 Å². The molecule has 134 valence electrons. The number of aromatic nitrogens is 1. The molecule has 0 unspecified atom stereocenters. The first kappa shape index (κ1) is 18.0. The fourth-order valence-electron chi connectivity index (χ4n) is 2.85. The van der Waals surface area contributed by atoms with Gasteiger partial charge in [-0.3, -0.25) is 0 Å². The number of fused-ring (bicyclic) bond motifs is 1. The first-order valence-electron chi connectivity index (χ1n) is 9.26. The Hall–Kier alpha value is -2.81. The number of phenols is 1. The highest BCUT2D eigenvalue weighted by molar-refractivity contribution is 5.81. The summed E-state index contributed by atoms with van der Waals surface area (Å²) >= 11 is 0. The van der Waals surface area contributed by atoms with E-state index >= 15 is 0 Å². The minimum Gasteiger partial charge on any atom is -0.508 e. The summed E-state index contributed by atoms with van der Waals surface area (Å²) in [5.41, 5.74) is 2.81. The number of ether oxygens (including phenoxy) is 1. The molecule has 0 saturated heterocycles. The van der Waals surface area contributed by atoms with Crippen LogP contribution in [0.1, 0.15) is 43.9 Å². The van der Waals surface area contributed by atoms with Crippen LogP contribution in [0.25, 0.3) is 23.1 Å². The summed E-state index contributed by atoms with van der Waals surface area (Å²) in [6.07, 6.45) is 8.59.